The van der Waals surface area contributed by atoms with E-state index in [2.05, 4.69) is 110 Å². The van der Waals surface area contributed by atoms with Crippen molar-refractivity contribution in [3.63, 3.8) is 0 Å². The van der Waals surface area contributed by atoms with Crippen molar-refractivity contribution in [2.45, 2.75) is 0 Å². The number of rotatable bonds is 3. The van der Waals surface area contributed by atoms with Crippen molar-refractivity contribution in [3.05, 3.63) is 103 Å². The van der Waals surface area contributed by atoms with Crippen molar-refractivity contribution in [2.24, 2.45) is 0 Å². The van der Waals surface area contributed by atoms with Crippen molar-refractivity contribution >= 4 is 6.91 Å². The molecule has 0 radical (unpaired) electrons. The van der Waals surface area contributed by atoms with Crippen molar-refractivity contribution in [3.8, 4) is 33.3 Å². The van der Waals surface area contributed by atoms with Crippen molar-refractivity contribution in [1.82, 2.24) is 0 Å². The minimum atomic E-state index is 0. The standard InChI is InChI=1S/C23H17B.H2/c1-4-10-18(11-5-1)21-16-17-24-23(20-14-8-3-9-15-20)22(21)19-12-6-2-7-13-19;/h1-17H;1H. The van der Waals surface area contributed by atoms with Gasteiger partial charge in [0.05, 0.1) is 0 Å². The topological polar surface area (TPSA) is 0 Å². The summed E-state index contributed by atoms with van der Waals surface area (Å²) in [6, 6.07) is 34.1. The van der Waals surface area contributed by atoms with E-state index in [0.29, 0.717) is 0 Å². The van der Waals surface area contributed by atoms with Crippen LogP contribution in [0.25, 0.3) is 33.3 Å². The third-order valence-corrected chi connectivity index (χ3v) is 4.30. The molecule has 0 spiro atoms. The molecule has 1 aromatic heterocycles. The summed E-state index contributed by atoms with van der Waals surface area (Å²) in [6.45, 7) is 2.21. The van der Waals surface area contributed by atoms with Gasteiger partial charge in [-0.15, -0.1) is 0 Å². The van der Waals surface area contributed by atoms with Gasteiger partial charge in [0.25, 0.3) is 0 Å². The summed E-state index contributed by atoms with van der Waals surface area (Å²) in [5, 5.41) is 0. The van der Waals surface area contributed by atoms with Gasteiger partial charge in [0.1, 0.15) is 0 Å². The van der Waals surface area contributed by atoms with Crippen molar-refractivity contribution < 1.29 is 1.43 Å². The SMILES string of the molecule is [HH].b1ccc(-c2ccccc2)c(-c2ccccc2)c1-c1ccccc1. The second kappa shape index (κ2) is 6.68. The molecule has 4 aromatic rings. The molecule has 0 aliphatic carbocycles. The third-order valence-electron chi connectivity index (χ3n) is 4.30. The molecular weight excluding hydrogens is 287 g/mol. The predicted octanol–water partition coefficient (Wildman–Crippen LogP) is 6.27. The van der Waals surface area contributed by atoms with E-state index in [1.807, 2.05) is 0 Å². The fourth-order valence-corrected chi connectivity index (χ4v) is 3.18. The first kappa shape index (κ1) is 14.7. The molecule has 4 rings (SSSR count). The van der Waals surface area contributed by atoms with Crippen LogP contribution in [-0.4, -0.2) is 6.91 Å². The first-order valence-corrected chi connectivity index (χ1v) is 8.23. The van der Waals surface area contributed by atoms with E-state index in [4.69, 9.17) is 0 Å². The maximum atomic E-state index is 2.21. The van der Waals surface area contributed by atoms with E-state index >= 15 is 0 Å². The monoisotopic (exact) mass is 306 g/mol. The molecule has 0 bridgehead atoms. The van der Waals surface area contributed by atoms with E-state index in [9.17, 15) is 0 Å². The second-order valence-corrected chi connectivity index (χ2v) is 5.83. The minimum absolute atomic E-state index is 0. The van der Waals surface area contributed by atoms with Gasteiger partial charge in [-0.05, 0) is 0 Å². The Hall–Kier alpha value is -2.93. The summed E-state index contributed by atoms with van der Waals surface area (Å²) < 4.78 is 0. The van der Waals surface area contributed by atoms with Crippen LogP contribution in [0, 0.1) is 0 Å². The zero-order valence-electron chi connectivity index (χ0n) is 13.4. The van der Waals surface area contributed by atoms with E-state index < -0.39 is 0 Å². The summed E-state index contributed by atoms with van der Waals surface area (Å²) in [5.74, 6) is 2.15. The fourth-order valence-electron chi connectivity index (χ4n) is 3.18. The fraction of sp³-hybridized carbons (Fsp3) is 0. The number of hydrogen-bond acceptors (Lipinski definition) is 0. The van der Waals surface area contributed by atoms with Crippen LogP contribution in [0.5, 0.6) is 0 Å². The summed E-state index contributed by atoms with van der Waals surface area (Å²) in [4.78, 5) is 0. The molecule has 0 saturated heterocycles. The first-order chi connectivity index (χ1) is 11.9. The number of hydrogen-bond donors (Lipinski definition) is 0. The Balaban J connectivity index is 0.00000182. The van der Waals surface area contributed by atoms with E-state index in [1.54, 1.807) is 0 Å². The Morgan fingerprint density at radius 3 is 1.58 bits per heavy atom. The molecule has 0 unspecified atom stereocenters. The van der Waals surface area contributed by atoms with Crippen LogP contribution in [0.4, 0.5) is 0 Å². The molecule has 3 aromatic carbocycles. The molecule has 114 valence electrons. The van der Waals surface area contributed by atoms with E-state index in [-0.39, 0.29) is 1.43 Å². The van der Waals surface area contributed by atoms with Gasteiger partial charge in [0.2, 0.25) is 0 Å². The average Bonchev–Trinajstić information content (AvgIpc) is 2.69. The molecule has 0 fully saturated rings. The first-order valence-electron chi connectivity index (χ1n) is 8.23. The van der Waals surface area contributed by atoms with Crippen LogP contribution in [0.3, 0.4) is 0 Å². The van der Waals surface area contributed by atoms with Gasteiger partial charge < -0.3 is 0 Å². The van der Waals surface area contributed by atoms with Crippen LogP contribution in [0.1, 0.15) is 1.43 Å². The van der Waals surface area contributed by atoms with Gasteiger partial charge >= 0.3 is 143 Å². The quantitative estimate of drug-likeness (QED) is 0.418. The molecule has 24 heavy (non-hydrogen) atoms. The molecule has 1 heterocycles. The Kier molecular flexibility index (Phi) is 4.08. The molecule has 0 N–H and O–H groups in total. The molecular formula is C23H19B. The molecule has 0 nitrogen and oxygen atoms in total. The summed E-state index contributed by atoms with van der Waals surface area (Å²) in [7, 11) is 0. The third kappa shape index (κ3) is 2.81. The predicted molar refractivity (Wildman–Crippen MR) is 106 cm³/mol. The Morgan fingerprint density at radius 1 is 0.500 bits per heavy atom. The summed E-state index contributed by atoms with van der Waals surface area (Å²) in [6.07, 6.45) is 0. The Bertz CT molecular complexity index is 878. The van der Waals surface area contributed by atoms with Gasteiger partial charge in [0.15, 0.2) is 0 Å². The maximum absolute atomic E-state index is 2.21. The average molecular weight is 306 g/mol. The summed E-state index contributed by atoms with van der Waals surface area (Å²) in [5.41, 5.74) is 7.56. The van der Waals surface area contributed by atoms with Gasteiger partial charge in [-0.1, -0.05) is 0 Å². The van der Waals surface area contributed by atoms with Gasteiger partial charge in [0, 0.05) is 1.43 Å². The van der Waals surface area contributed by atoms with Crippen molar-refractivity contribution in [2.75, 3.05) is 0 Å². The van der Waals surface area contributed by atoms with Crippen LogP contribution < -0.4 is 0 Å². The van der Waals surface area contributed by atoms with Crippen molar-refractivity contribution in [1.29, 1.82) is 0 Å². The molecule has 1 heteroatoms. The Labute approximate surface area is 145 Å². The van der Waals surface area contributed by atoms with Crippen LogP contribution in [0.15, 0.2) is 103 Å². The zero-order chi connectivity index (χ0) is 16.2. The molecule has 0 aliphatic rings. The zero-order valence-corrected chi connectivity index (χ0v) is 13.4. The molecule has 0 aliphatic heterocycles. The normalized spacial score (nSPS) is 10.3. The van der Waals surface area contributed by atoms with E-state index in [0.717, 1.165) is 0 Å². The second-order valence-electron chi connectivity index (χ2n) is 5.83. The van der Waals surface area contributed by atoms with E-state index in [1.165, 1.54) is 33.3 Å². The van der Waals surface area contributed by atoms with Crippen LogP contribution >= 0.6 is 0 Å². The summed E-state index contributed by atoms with van der Waals surface area (Å²) >= 11 is 0. The van der Waals surface area contributed by atoms with Gasteiger partial charge in [-0.25, -0.2) is 0 Å². The Morgan fingerprint density at radius 2 is 1.00 bits per heavy atom. The molecule has 0 atom stereocenters. The van der Waals surface area contributed by atoms with Crippen LogP contribution in [0.2, 0.25) is 0 Å². The molecule has 0 saturated carbocycles. The van der Waals surface area contributed by atoms with Gasteiger partial charge in [-0.2, -0.15) is 0 Å². The molecule has 0 amide bonds. The van der Waals surface area contributed by atoms with Crippen LogP contribution in [-0.2, 0) is 0 Å². The van der Waals surface area contributed by atoms with Gasteiger partial charge in [-0.3, -0.25) is 0 Å². The number of benzene rings is 3.